The van der Waals surface area contributed by atoms with Crippen LogP contribution in [0.2, 0.25) is 5.15 Å². The van der Waals surface area contributed by atoms with Gasteiger partial charge < -0.3 is 10.1 Å². The minimum Gasteiger partial charge on any atom is -0.434 e. The monoisotopic (exact) mass is 291 g/mol. The Hall–Kier alpha value is -2.14. The molecule has 0 bridgehead atoms. The minimum atomic E-state index is -0.182. The number of aromatic nitrogens is 2. The quantitative estimate of drug-likeness (QED) is 0.940. The van der Waals surface area contributed by atoms with E-state index in [4.69, 9.17) is 16.3 Å². The molecular weight excluding hydrogens is 278 g/mol. The van der Waals surface area contributed by atoms with Gasteiger partial charge in [0.25, 0.3) is 5.88 Å². The third-order valence-electron chi connectivity index (χ3n) is 2.64. The molecule has 2 rings (SSSR count). The molecule has 1 heterocycles. The molecule has 104 valence electrons. The fraction of sp³-hybridized carbons (Fsp3) is 0.214. The Balaban J connectivity index is 2.35. The van der Waals surface area contributed by atoms with Gasteiger partial charge >= 0.3 is 0 Å². The molecule has 0 saturated carbocycles. The minimum absolute atomic E-state index is 0.182. The maximum Gasteiger partial charge on any atom is 0.257 e. The van der Waals surface area contributed by atoms with Crippen LogP contribution in [0.4, 0.5) is 5.69 Å². The van der Waals surface area contributed by atoms with Gasteiger partial charge in [0.05, 0.1) is 17.1 Å². The highest BCUT2D eigenvalue weighted by atomic mass is 35.5. The Labute approximate surface area is 122 Å². The van der Waals surface area contributed by atoms with Gasteiger partial charge in [0.15, 0.2) is 10.9 Å². The first-order chi connectivity index (χ1) is 9.47. The lowest BCUT2D eigenvalue weighted by Crippen LogP contribution is -2.07. The van der Waals surface area contributed by atoms with Crippen molar-refractivity contribution < 1.29 is 9.53 Å². The number of halogens is 1. The van der Waals surface area contributed by atoms with Crippen molar-refractivity contribution in [1.82, 2.24) is 9.97 Å². The first kappa shape index (κ1) is 14.3. The van der Waals surface area contributed by atoms with Crippen molar-refractivity contribution in [3.05, 3.63) is 40.8 Å². The van der Waals surface area contributed by atoms with Crippen molar-refractivity contribution in [2.75, 3.05) is 5.32 Å². The van der Waals surface area contributed by atoms with E-state index in [-0.39, 0.29) is 16.9 Å². The molecule has 1 aromatic carbocycles. The van der Waals surface area contributed by atoms with E-state index in [1.165, 1.54) is 6.92 Å². The zero-order chi connectivity index (χ0) is 14.7. The van der Waals surface area contributed by atoms with E-state index in [0.29, 0.717) is 11.4 Å². The number of ether oxygens (including phenoxy) is 1. The van der Waals surface area contributed by atoms with E-state index in [1.54, 1.807) is 24.3 Å². The van der Waals surface area contributed by atoms with Gasteiger partial charge in [-0.3, -0.25) is 4.79 Å². The second-order valence-electron chi connectivity index (χ2n) is 4.27. The fourth-order valence-corrected chi connectivity index (χ4v) is 1.78. The molecule has 0 radical (unpaired) electrons. The Morgan fingerprint density at radius 1 is 1.20 bits per heavy atom. The van der Waals surface area contributed by atoms with Crippen LogP contribution in [-0.4, -0.2) is 15.9 Å². The second-order valence-corrected chi connectivity index (χ2v) is 4.63. The molecule has 6 heteroatoms. The first-order valence-corrected chi connectivity index (χ1v) is 6.40. The van der Waals surface area contributed by atoms with Crippen LogP contribution in [0.5, 0.6) is 11.6 Å². The summed E-state index contributed by atoms with van der Waals surface area (Å²) in [5.41, 5.74) is 2.04. The van der Waals surface area contributed by atoms with Gasteiger partial charge in [0, 0.05) is 6.92 Å². The molecule has 0 aliphatic carbocycles. The smallest absolute Gasteiger partial charge is 0.257 e. The number of carbonyl (C=O) groups is 1. The van der Waals surface area contributed by atoms with Crippen molar-refractivity contribution >= 4 is 23.2 Å². The van der Waals surface area contributed by atoms with Gasteiger partial charge in [-0.1, -0.05) is 23.7 Å². The van der Waals surface area contributed by atoms with Crippen LogP contribution in [0.1, 0.15) is 18.3 Å². The van der Waals surface area contributed by atoms with E-state index in [1.807, 2.05) is 13.8 Å². The molecule has 0 aliphatic rings. The van der Waals surface area contributed by atoms with Crippen LogP contribution < -0.4 is 10.1 Å². The third-order valence-corrected chi connectivity index (χ3v) is 2.89. The fourth-order valence-electron chi connectivity index (χ4n) is 1.57. The summed E-state index contributed by atoms with van der Waals surface area (Å²) in [6.45, 7) is 5.08. The van der Waals surface area contributed by atoms with Crippen LogP contribution in [0.25, 0.3) is 0 Å². The van der Waals surface area contributed by atoms with Gasteiger partial charge in [-0.05, 0) is 26.0 Å². The van der Waals surface area contributed by atoms with Crippen molar-refractivity contribution in [1.29, 1.82) is 0 Å². The molecule has 2 aromatic rings. The molecule has 0 unspecified atom stereocenters. The van der Waals surface area contributed by atoms with E-state index < -0.39 is 0 Å². The Kier molecular flexibility index (Phi) is 4.20. The number of hydrogen-bond acceptors (Lipinski definition) is 4. The van der Waals surface area contributed by atoms with Gasteiger partial charge in [-0.25, -0.2) is 9.97 Å². The lowest BCUT2D eigenvalue weighted by molar-refractivity contribution is -0.114. The van der Waals surface area contributed by atoms with Crippen LogP contribution in [0, 0.1) is 13.8 Å². The van der Waals surface area contributed by atoms with Crippen LogP contribution in [0.3, 0.4) is 0 Å². The van der Waals surface area contributed by atoms with E-state index >= 15 is 0 Å². The predicted molar refractivity (Wildman–Crippen MR) is 77.3 cm³/mol. The summed E-state index contributed by atoms with van der Waals surface area (Å²) in [7, 11) is 0. The summed E-state index contributed by atoms with van der Waals surface area (Å²) in [5, 5.41) is 2.87. The average molecular weight is 292 g/mol. The Morgan fingerprint density at radius 2 is 1.85 bits per heavy atom. The molecule has 5 nitrogen and oxygen atoms in total. The number of amides is 1. The van der Waals surface area contributed by atoms with Crippen molar-refractivity contribution in [3.8, 4) is 11.6 Å². The van der Waals surface area contributed by atoms with Crippen molar-refractivity contribution in [2.24, 2.45) is 0 Å². The number of nitrogens with zero attached hydrogens (tertiary/aromatic N) is 2. The van der Waals surface area contributed by atoms with Gasteiger partial charge in [-0.2, -0.15) is 0 Å². The predicted octanol–water partition coefficient (Wildman–Crippen LogP) is 3.50. The summed E-state index contributed by atoms with van der Waals surface area (Å²) < 4.78 is 5.66. The molecule has 1 aromatic heterocycles. The normalized spacial score (nSPS) is 10.2. The molecule has 0 saturated heterocycles. The summed E-state index contributed by atoms with van der Waals surface area (Å²) >= 11 is 6.02. The van der Waals surface area contributed by atoms with Gasteiger partial charge in [0.1, 0.15) is 0 Å². The van der Waals surface area contributed by atoms with Gasteiger partial charge in [-0.15, -0.1) is 0 Å². The number of carbonyl (C=O) groups excluding carboxylic acids is 1. The molecule has 1 amide bonds. The largest absolute Gasteiger partial charge is 0.434 e. The summed E-state index contributed by atoms with van der Waals surface area (Å²) in [6, 6.07) is 7.05. The molecule has 0 aliphatic heterocycles. The zero-order valence-electron chi connectivity index (χ0n) is 11.4. The molecule has 0 spiro atoms. The number of hydrogen-bond donors (Lipinski definition) is 1. The van der Waals surface area contributed by atoms with Crippen LogP contribution >= 0.6 is 11.6 Å². The number of rotatable bonds is 3. The maximum absolute atomic E-state index is 11.2. The maximum atomic E-state index is 11.2. The molecule has 20 heavy (non-hydrogen) atoms. The SMILES string of the molecule is CC(=O)Nc1ccccc1Oc1nc(C)c(C)nc1Cl. The highest BCUT2D eigenvalue weighted by molar-refractivity contribution is 6.30. The lowest BCUT2D eigenvalue weighted by atomic mass is 10.3. The number of benzene rings is 1. The zero-order valence-corrected chi connectivity index (χ0v) is 12.2. The average Bonchev–Trinajstić information content (AvgIpc) is 2.37. The molecule has 1 N–H and O–H groups in total. The molecule has 0 atom stereocenters. The highest BCUT2D eigenvalue weighted by Crippen LogP contribution is 2.31. The van der Waals surface area contributed by atoms with Crippen molar-refractivity contribution in [2.45, 2.75) is 20.8 Å². The van der Waals surface area contributed by atoms with Crippen LogP contribution in [-0.2, 0) is 4.79 Å². The standard InChI is InChI=1S/C14H14ClN3O2/c1-8-9(2)17-14(13(15)16-8)20-12-7-5-4-6-11(12)18-10(3)19/h4-7H,1-3H3,(H,18,19). The number of anilines is 1. The molecule has 0 fully saturated rings. The van der Waals surface area contributed by atoms with Crippen molar-refractivity contribution in [3.63, 3.8) is 0 Å². The number of para-hydroxylation sites is 2. The molecular formula is C14H14ClN3O2. The topological polar surface area (TPSA) is 64.1 Å². The second kappa shape index (κ2) is 5.88. The highest BCUT2D eigenvalue weighted by Gasteiger charge is 2.12. The van der Waals surface area contributed by atoms with Crippen LogP contribution in [0.15, 0.2) is 24.3 Å². The van der Waals surface area contributed by atoms with Gasteiger partial charge in [0.2, 0.25) is 5.91 Å². The number of nitrogens with one attached hydrogen (secondary N) is 1. The third kappa shape index (κ3) is 3.24. The van der Waals surface area contributed by atoms with E-state index in [0.717, 1.165) is 11.4 Å². The number of aryl methyl sites for hydroxylation is 2. The Bertz CT molecular complexity index is 659. The Morgan fingerprint density at radius 3 is 2.55 bits per heavy atom. The lowest BCUT2D eigenvalue weighted by Gasteiger charge is -2.12. The summed E-state index contributed by atoms with van der Waals surface area (Å²) in [6.07, 6.45) is 0. The van der Waals surface area contributed by atoms with E-state index in [9.17, 15) is 4.79 Å². The summed E-state index contributed by atoms with van der Waals surface area (Å²) in [5.74, 6) is 0.494. The summed E-state index contributed by atoms with van der Waals surface area (Å²) in [4.78, 5) is 19.6. The van der Waals surface area contributed by atoms with E-state index in [2.05, 4.69) is 15.3 Å². The first-order valence-electron chi connectivity index (χ1n) is 6.02.